The van der Waals surface area contributed by atoms with Crippen molar-refractivity contribution in [2.75, 3.05) is 57.4 Å². The Morgan fingerprint density at radius 1 is 1.23 bits per heavy atom. The number of ether oxygens (including phenoxy) is 1. The fourth-order valence-electron chi connectivity index (χ4n) is 5.04. The quantitative estimate of drug-likeness (QED) is 0.315. The fourth-order valence-corrected chi connectivity index (χ4v) is 5.23. The minimum absolute atomic E-state index is 0. The molecule has 2 N–H and O–H groups in total. The Hall–Kier alpha value is -0.770. The number of hydrogen-bond acceptors (Lipinski definition) is 4. The number of likely N-dealkylation sites (tertiary alicyclic amines) is 1. The number of benzene rings is 1. The Morgan fingerprint density at radius 2 is 2.00 bits per heavy atom. The molecule has 0 aromatic heterocycles. The number of hydrogen-bond donors (Lipinski definition) is 2. The van der Waals surface area contributed by atoms with Gasteiger partial charge in [-0.3, -0.25) is 9.89 Å². The lowest BCUT2D eigenvalue weighted by Crippen LogP contribution is -2.54. The molecular weight excluding hydrogens is 525 g/mol. The van der Waals surface area contributed by atoms with E-state index in [0.29, 0.717) is 6.04 Å². The highest BCUT2D eigenvalue weighted by molar-refractivity contribution is 14.0. The van der Waals surface area contributed by atoms with Crippen molar-refractivity contribution in [3.05, 3.63) is 29.3 Å². The number of guanidine groups is 1. The van der Waals surface area contributed by atoms with Gasteiger partial charge in [-0.05, 0) is 70.3 Å². The van der Waals surface area contributed by atoms with Gasteiger partial charge in [-0.2, -0.15) is 0 Å². The Kier molecular flexibility index (Phi) is 9.55. The Morgan fingerprint density at radius 3 is 2.71 bits per heavy atom. The Balaban J connectivity index is 0.00000272. The summed E-state index contributed by atoms with van der Waals surface area (Å²) in [6, 6.07) is 8.53. The molecule has 8 heteroatoms. The summed E-state index contributed by atoms with van der Waals surface area (Å²) in [6.45, 7) is 9.97. The third-order valence-electron chi connectivity index (χ3n) is 6.78. The average Bonchev–Trinajstić information content (AvgIpc) is 3.46. The smallest absolute Gasteiger partial charge is 0.191 e. The van der Waals surface area contributed by atoms with Gasteiger partial charge in [0.15, 0.2) is 5.96 Å². The average molecular weight is 562 g/mol. The summed E-state index contributed by atoms with van der Waals surface area (Å²) in [6.07, 6.45) is 5.89. The zero-order valence-corrected chi connectivity index (χ0v) is 21.7. The molecule has 0 saturated carbocycles. The second-order valence-electron chi connectivity index (χ2n) is 8.78. The normalized spacial score (nSPS) is 24.1. The number of nitrogens with zero attached hydrogens (tertiary/aromatic N) is 3. The summed E-state index contributed by atoms with van der Waals surface area (Å²) in [5.74, 6) is 0.945. The number of aliphatic imine (C=N–C) groups is 1. The van der Waals surface area contributed by atoms with Crippen molar-refractivity contribution >= 4 is 47.2 Å². The predicted octanol–water partition coefficient (Wildman–Crippen LogP) is 3.74. The van der Waals surface area contributed by atoms with Crippen LogP contribution in [-0.2, 0) is 4.74 Å². The van der Waals surface area contributed by atoms with Gasteiger partial charge in [0.05, 0.1) is 6.54 Å². The van der Waals surface area contributed by atoms with E-state index in [2.05, 4.69) is 33.4 Å². The highest BCUT2D eigenvalue weighted by atomic mass is 127. The maximum absolute atomic E-state index is 6.18. The number of nitrogens with one attached hydrogen (secondary N) is 2. The monoisotopic (exact) mass is 561 g/mol. The van der Waals surface area contributed by atoms with Gasteiger partial charge in [-0.25, -0.2) is 0 Å². The summed E-state index contributed by atoms with van der Waals surface area (Å²) in [5, 5.41) is 7.96. The van der Waals surface area contributed by atoms with Gasteiger partial charge in [0.25, 0.3) is 0 Å². The van der Waals surface area contributed by atoms with Crippen LogP contribution >= 0.6 is 35.6 Å². The molecule has 0 radical (unpaired) electrons. The molecule has 6 nitrogen and oxygen atoms in total. The van der Waals surface area contributed by atoms with E-state index in [1.807, 2.05) is 18.2 Å². The van der Waals surface area contributed by atoms with Gasteiger partial charge in [0.2, 0.25) is 0 Å². The molecule has 3 heterocycles. The maximum atomic E-state index is 6.18. The molecule has 4 rings (SSSR count). The molecule has 0 bridgehead atoms. The number of rotatable bonds is 6. The molecule has 1 aromatic carbocycles. The van der Waals surface area contributed by atoms with E-state index >= 15 is 0 Å². The van der Waals surface area contributed by atoms with Crippen LogP contribution in [0.3, 0.4) is 0 Å². The SMILES string of the molecule is CCNC(=NCC1(N2CCCC2)CCOCC1)NC1CCN(c2cccc(Cl)c2)C1.I. The van der Waals surface area contributed by atoms with Crippen LogP contribution in [0.15, 0.2) is 29.3 Å². The molecule has 0 aliphatic carbocycles. The van der Waals surface area contributed by atoms with E-state index in [1.165, 1.54) is 31.6 Å². The van der Waals surface area contributed by atoms with Crippen LogP contribution in [0.5, 0.6) is 0 Å². The standard InChI is InChI=1S/C23H36ClN5O.HI/c1-2-25-22(26-18-23(9-14-30-15-10-23)29-11-3-4-12-29)27-20-8-13-28(17-20)21-7-5-6-19(24)16-21;/h5-7,16,20H,2-4,8-15,17-18H2,1H3,(H2,25,26,27);1H. The predicted molar refractivity (Wildman–Crippen MR) is 140 cm³/mol. The minimum atomic E-state index is 0. The highest BCUT2D eigenvalue weighted by Gasteiger charge is 2.39. The van der Waals surface area contributed by atoms with Crippen LogP contribution in [0.1, 0.15) is 39.0 Å². The van der Waals surface area contributed by atoms with Crippen LogP contribution in [0, 0.1) is 0 Å². The topological polar surface area (TPSA) is 52.1 Å². The summed E-state index contributed by atoms with van der Waals surface area (Å²) in [4.78, 5) is 10.2. The molecule has 0 amide bonds. The molecule has 1 atom stereocenters. The van der Waals surface area contributed by atoms with Gasteiger partial charge < -0.3 is 20.3 Å². The van der Waals surface area contributed by atoms with Crippen molar-refractivity contribution < 1.29 is 4.74 Å². The first-order valence-corrected chi connectivity index (χ1v) is 11.9. The molecule has 31 heavy (non-hydrogen) atoms. The first kappa shape index (κ1) is 24.9. The van der Waals surface area contributed by atoms with Crippen molar-refractivity contribution in [2.45, 2.75) is 50.6 Å². The van der Waals surface area contributed by atoms with E-state index in [-0.39, 0.29) is 29.5 Å². The van der Waals surface area contributed by atoms with Crippen LogP contribution in [0.25, 0.3) is 0 Å². The summed E-state index contributed by atoms with van der Waals surface area (Å²) in [7, 11) is 0. The van der Waals surface area contributed by atoms with E-state index < -0.39 is 0 Å². The molecule has 1 aromatic rings. The molecule has 3 saturated heterocycles. The van der Waals surface area contributed by atoms with Gasteiger partial charge >= 0.3 is 0 Å². The zero-order chi connectivity index (χ0) is 20.8. The first-order valence-electron chi connectivity index (χ1n) is 11.6. The summed E-state index contributed by atoms with van der Waals surface area (Å²) in [5.41, 5.74) is 1.36. The second-order valence-corrected chi connectivity index (χ2v) is 9.22. The van der Waals surface area contributed by atoms with E-state index in [9.17, 15) is 0 Å². The lowest BCUT2D eigenvalue weighted by Gasteiger charge is -2.43. The fraction of sp³-hybridized carbons (Fsp3) is 0.696. The largest absolute Gasteiger partial charge is 0.381 e. The van der Waals surface area contributed by atoms with Gasteiger partial charge in [-0.1, -0.05) is 17.7 Å². The van der Waals surface area contributed by atoms with E-state index in [0.717, 1.165) is 69.6 Å². The van der Waals surface area contributed by atoms with Gasteiger partial charge in [-0.15, -0.1) is 24.0 Å². The molecule has 3 fully saturated rings. The lowest BCUT2D eigenvalue weighted by molar-refractivity contribution is -0.0139. The van der Waals surface area contributed by atoms with Crippen molar-refractivity contribution in [3.8, 4) is 0 Å². The van der Waals surface area contributed by atoms with Crippen LogP contribution < -0.4 is 15.5 Å². The van der Waals surface area contributed by atoms with E-state index in [1.54, 1.807) is 0 Å². The summed E-state index contributed by atoms with van der Waals surface area (Å²) < 4.78 is 5.69. The van der Waals surface area contributed by atoms with Crippen LogP contribution in [0.4, 0.5) is 5.69 Å². The van der Waals surface area contributed by atoms with Crippen molar-refractivity contribution in [3.63, 3.8) is 0 Å². The minimum Gasteiger partial charge on any atom is -0.381 e. The maximum Gasteiger partial charge on any atom is 0.191 e. The highest BCUT2D eigenvalue weighted by Crippen LogP contribution is 2.31. The first-order chi connectivity index (χ1) is 14.7. The third kappa shape index (κ3) is 6.39. The molecule has 0 spiro atoms. The van der Waals surface area contributed by atoms with Crippen molar-refractivity contribution in [2.24, 2.45) is 4.99 Å². The number of anilines is 1. The Bertz CT molecular complexity index is 722. The molecule has 3 aliphatic rings. The molecule has 174 valence electrons. The van der Waals surface area contributed by atoms with Gasteiger partial charge in [0, 0.05) is 55.1 Å². The number of halogens is 2. The van der Waals surface area contributed by atoms with Crippen molar-refractivity contribution in [1.82, 2.24) is 15.5 Å². The zero-order valence-electron chi connectivity index (χ0n) is 18.6. The van der Waals surface area contributed by atoms with Crippen LogP contribution in [0.2, 0.25) is 5.02 Å². The summed E-state index contributed by atoms with van der Waals surface area (Å²) >= 11 is 6.18. The third-order valence-corrected chi connectivity index (χ3v) is 7.01. The Labute approximate surface area is 209 Å². The van der Waals surface area contributed by atoms with Crippen molar-refractivity contribution in [1.29, 1.82) is 0 Å². The molecule has 1 unspecified atom stereocenters. The van der Waals surface area contributed by atoms with Crippen LogP contribution in [-0.4, -0.2) is 74.9 Å². The molecule has 3 aliphatic heterocycles. The second kappa shape index (κ2) is 11.9. The lowest BCUT2D eigenvalue weighted by atomic mass is 9.88. The van der Waals surface area contributed by atoms with Gasteiger partial charge in [0.1, 0.15) is 0 Å². The molecular formula is C23H37ClIN5O. The van der Waals surface area contributed by atoms with E-state index in [4.69, 9.17) is 21.3 Å².